The predicted molar refractivity (Wildman–Crippen MR) is 61.1 cm³/mol. The Hall–Kier alpha value is -1.54. The van der Waals surface area contributed by atoms with E-state index in [2.05, 4.69) is 17.1 Å². The van der Waals surface area contributed by atoms with Gasteiger partial charge in [0.05, 0.1) is 6.33 Å². The Balaban J connectivity index is 0.000000980. The third-order valence-corrected chi connectivity index (χ3v) is 1.76. The van der Waals surface area contributed by atoms with Crippen LogP contribution >= 0.6 is 12.4 Å². The number of halogens is 1. The maximum Gasteiger partial charge on any atom is 0.0986 e. The number of nitrogens with zero attached hydrogens (tertiary/aromatic N) is 2. The van der Waals surface area contributed by atoms with Crippen LogP contribution in [-0.2, 0) is 0 Å². The lowest BCUT2D eigenvalue weighted by atomic mass is 10.2. The van der Waals surface area contributed by atoms with Crippen LogP contribution in [0.25, 0.3) is 12.3 Å². The van der Waals surface area contributed by atoms with Gasteiger partial charge in [0, 0.05) is 18.6 Å². The van der Waals surface area contributed by atoms with E-state index >= 15 is 0 Å². The standard InChI is InChI=1S/C11H10N2.ClH/c1-2-4-11(5-3-1)6-8-13-9-7-12-10-13;/h1-10H;1H. The van der Waals surface area contributed by atoms with Crippen LogP contribution < -0.4 is 0 Å². The van der Waals surface area contributed by atoms with E-state index in [0.717, 1.165) is 0 Å². The average Bonchev–Trinajstić information content (AvgIpc) is 2.69. The van der Waals surface area contributed by atoms with E-state index < -0.39 is 0 Å². The first-order chi connectivity index (χ1) is 6.45. The molecular formula is C11H11ClN2. The van der Waals surface area contributed by atoms with E-state index in [1.807, 2.05) is 41.2 Å². The zero-order valence-electron chi connectivity index (χ0n) is 7.58. The van der Waals surface area contributed by atoms with Crippen molar-refractivity contribution in [2.24, 2.45) is 0 Å². The van der Waals surface area contributed by atoms with Gasteiger partial charge in [-0.05, 0) is 11.6 Å². The molecule has 72 valence electrons. The molecule has 0 bridgehead atoms. The molecule has 1 heterocycles. The minimum absolute atomic E-state index is 0. The lowest BCUT2D eigenvalue weighted by molar-refractivity contribution is 1.14. The molecule has 0 saturated heterocycles. The second-order valence-electron chi connectivity index (χ2n) is 2.74. The maximum absolute atomic E-state index is 3.95. The molecule has 0 fully saturated rings. The zero-order chi connectivity index (χ0) is 8.93. The summed E-state index contributed by atoms with van der Waals surface area (Å²) in [6.07, 6.45) is 9.44. The molecule has 1 aromatic carbocycles. The number of benzene rings is 1. The summed E-state index contributed by atoms with van der Waals surface area (Å²) < 4.78 is 1.91. The number of hydrogen-bond donors (Lipinski definition) is 0. The van der Waals surface area contributed by atoms with Crippen molar-refractivity contribution < 1.29 is 0 Å². The van der Waals surface area contributed by atoms with Gasteiger partial charge in [0.1, 0.15) is 0 Å². The fraction of sp³-hybridized carbons (Fsp3) is 0. The van der Waals surface area contributed by atoms with Gasteiger partial charge >= 0.3 is 0 Å². The van der Waals surface area contributed by atoms with Gasteiger partial charge in [-0.3, -0.25) is 0 Å². The highest BCUT2D eigenvalue weighted by atomic mass is 35.5. The van der Waals surface area contributed by atoms with Crippen molar-refractivity contribution in [1.82, 2.24) is 9.55 Å². The predicted octanol–water partition coefficient (Wildman–Crippen LogP) is 2.93. The van der Waals surface area contributed by atoms with Gasteiger partial charge in [-0.2, -0.15) is 0 Å². The smallest absolute Gasteiger partial charge is 0.0986 e. The molecule has 2 aromatic rings. The summed E-state index contributed by atoms with van der Waals surface area (Å²) in [6.45, 7) is 0. The number of aromatic nitrogens is 2. The van der Waals surface area contributed by atoms with Crippen molar-refractivity contribution >= 4 is 24.7 Å². The molecule has 0 unspecified atom stereocenters. The molecule has 0 aliphatic carbocycles. The van der Waals surface area contributed by atoms with Crippen molar-refractivity contribution in [3.8, 4) is 0 Å². The molecule has 3 heteroatoms. The Morgan fingerprint density at radius 2 is 1.93 bits per heavy atom. The van der Waals surface area contributed by atoms with Crippen molar-refractivity contribution in [2.75, 3.05) is 0 Å². The summed E-state index contributed by atoms with van der Waals surface area (Å²) in [7, 11) is 0. The van der Waals surface area contributed by atoms with Crippen LogP contribution in [-0.4, -0.2) is 9.55 Å². The van der Waals surface area contributed by atoms with Gasteiger partial charge in [0.25, 0.3) is 0 Å². The molecule has 1 aromatic heterocycles. The van der Waals surface area contributed by atoms with Gasteiger partial charge < -0.3 is 4.57 Å². The lowest BCUT2D eigenvalue weighted by Crippen LogP contribution is -1.78. The summed E-state index contributed by atoms with van der Waals surface area (Å²) in [5, 5.41) is 0. The van der Waals surface area contributed by atoms with E-state index in [-0.39, 0.29) is 12.4 Å². The normalized spacial score (nSPS) is 10.0. The van der Waals surface area contributed by atoms with E-state index in [9.17, 15) is 0 Å². The van der Waals surface area contributed by atoms with Crippen LogP contribution in [0.3, 0.4) is 0 Å². The second kappa shape index (κ2) is 5.25. The SMILES string of the molecule is C(=Cn1ccnc1)c1ccccc1.Cl. The summed E-state index contributed by atoms with van der Waals surface area (Å²) in [5.74, 6) is 0. The van der Waals surface area contributed by atoms with E-state index in [1.165, 1.54) is 5.56 Å². The monoisotopic (exact) mass is 206 g/mol. The van der Waals surface area contributed by atoms with Crippen molar-refractivity contribution in [1.29, 1.82) is 0 Å². The second-order valence-corrected chi connectivity index (χ2v) is 2.74. The Bertz CT molecular complexity index is 379. The molecule has 0 aliphatic rings. The molecular weight excluding hydrogens is 196 g/mol. The first kappa shape index (κ1) is 10.5. The van der Waals surface area contributed by atoms with Gasteiger partial charge in [0.15, 0.2) is 0 Å². The van der Waals surface area contributed by atoms with Crippen LogP contribution in [0.1, 0.15) is 5.56 Å². The first-order valence-corrected chi connectivity index (χ1v) is 4.16. The quantitative estimate of drug-likeness (QED) is 0.739. The minimum atomic E-state index is 0. The third kappa shape index (κ3) is 2.75. The zero-order valence-corrected chi connectivity index (χ0v) is 8.39. The maximum atomic E-state index is 3.95. The Morgan fingerprint density at radius 3 is 2.57 bits per heavy atom. The molecule has 14 heavy (non-hydrogen) atoms. The number of imidazole rings is 1. The Kier molecular flexibility index (Phi) is 3.95. The average molecular weight is 207 g/mol. The summed E-state index contributed by atoms with van der Waals surface area (Å²) in [6, 6.07) is 10.2. The van der Waals surface area contributed by atoms with Gasteiger partial charge in [-0.25, -0.2) is 4.98 Å². The van der Waals surface area contributed by atoms with Gasteiger partial charge in [-0.1, -0.05) is 30.3 Å². The van der Waals surface area contributed by atoms with Gasteiger partial charge in [0.2, 0.25) is 0 Å². The highest BCUT2D eigenvalue weighted by Gasteiger charge is 1.83. The molecule has 0 amide bonds. The van der Waals surface area contributed by atoms with Crippen LogP contribution in [0, 0.1) is 0 Å². The van der Waals surface area contributed by atoms with Crippen molar-refractivity contribution in [3.63, 3.8) is 0 Å². The van der Waals surface area contributed by atoms with E-state index in [1.54, 1.807) is 12.5 Å². The molecule has 0 radical (unpaired) electrons. The molecule has 2 nitrogen and oxygen atoms in total. The van der Waals surface area contributed by atoms with Crippen molar-refractivity contribution in [2.45, 2.75) is 0 Å². The minimum Gasteiger partial charge on any atom is -0.313 e. The third-order valence-electron chi connectivity index (χ3n) is 1.76. The fourth-order valence-electron chi connectivity index (χ4n) is 1.09. The molecule has 2 rings (SSSR count). The lowest BCUT2D eigenvalue weighted by Gasteiger charge is -1.91. The van der Waals surface area contributed by atoms with E-state index in [0.29, 0.717) is 0 Å². The van der Waals surface area contributed by atoms with Crippen LogP contribution in [0.5, 0.6) is 0 Å². The molecule has 0 aliphatic heterocycles. The fourth-order valence-corrected chi connectivity index (χ4v) is 1.09. The van der Waals surface area contributed by atoms with E-state index in [4.69, 9.17) is 0 Å². The molecule has 0 spiro atoms. The Labute approximate surface area is 89.3 Å². The van der Waals surface area contributed by atoms with Crippen LogP contribution in [0.2, 0.25) is 0 Å². The number of hydrogen-bond acceptors (Lipinski definition) is 1. The highest BCUT2D eigenvalue weighted by molar-refractivity contribution is 5.85. The van der Waals surface area contributed by atoms with Crippen LogP contribution in [0.4, 0.5) is 0 Å². The van der Waals surface area contributed by atoms with Crippen molar-refractivity contribution in [3.05, 3.63) is 54.6 Å². The Morgan fingerprint density at radius 1 is 1.14 bits per heavy atom. The highest BCUT2D eigenvalue weighted by Crippen LogP contribution is 2.01. The molecule has 0 saturated carbocycles. The van der Waals surface area contributed by atoms with Gasteiger partial charge in [-0.15, -0.1) is 12.4 Å². The summed E-state index contributed by atoms with van der Waals surface area (Å²) >= 11 is 0. The first-order valence-electron chi connectivity index (χ1n) is 4.16. The molecule has 0 atom stereocenters. The topological polar surface area (TPSA) is 17.8 Å². The summed E-state index contributed by atoms with van der Waals surface area (Å²) in [5.41, 5.74) is 1.19. The van der Waals surface area contributed by atoms with Crippen LogP contribution in [0.15, 0.2) is 49.1 Å². The largest absolute Gasteiger partial charge is 0.313 e. The summed E-state index contributed by atoms with van der Waals surface area (Å²) in [4.78, 5) is 3.95. The number of rotatable bonds is 2. The molecule has 0 N–H and O–H groups in total.